The zero-order valence-electron chi connectivity index (χ0n) is 10.6. The Hall–Kier alpha value is -1.87. The molecule has 0 fully saturated rings. The maximum Gasteiger partial charge on any atom is 0.263 e. The Morgan fingerprint density at radius 1 is 1.19 bits per heavy atom. The molecule has 0 bridgehead atoms. The summed E-state index contributed by atoms with van der Waals surface area (Å²) in [6, 6.07) is 9.09. The summed E-state index contributed by atoms with van der Waals surface area (Å²) in [4.78, 5) is -0.155. The van der Waals surface area contributed by atoms with E-state index in [1.165, 1.54) is 18.2 Å². The summed E-state index contributed by atoms with van der Waals surface area (Å²) in [6.07, 6.45) is 5.27. The van der Waals surface area contributed by atoms with Crippen LogP contribution in [-0.4, -0.2) is 8.42 Å². The van der Waals surface area contributed by atoms with Crippen molar-refractivity contribution in [3.05, 3.63) is 52.0 Å². The van der Waals surface area contributed by atoms with Gasteiger partial charge in [0.2, 0.25) is 0 Å². The predicted molar refractivity (Wildman–Crippen MR) is 86.1 cm³/mol. The lowest BCUT2D eigenvalue weighted by Gasteiger charge is -2.11. The molecule has 0 aliphatic rings. The van der Waals surface area contributed by atoms with Gasteiger partial charge in [0.1, 0.15) is 4.90 Å². The van der Waals surface area contributed by atoms with Crippen molar-refractivity contribution >= 4 is 44.6 Å². The third-order valence-electron chi connectivity index (χ3n) is 2.66. The smallest absolute Gasteiger partial charge is 0.263 e. The molecule has 0 atom stereocenters. The first-order chi connectivity index (χ1) is 9.85. The molecule has 2 rings (SSSR count). The monoisotopic (exact) mass is 340 g/mol. The van der Waals surface area contributed by atoms with E-state index in [9.17, 15) is 8.42 Å². The van der Waals surface area contributed by atoms with Crippen LogP contribution in [0.3, 0.4) is 0 Å². The molecule has 0 unspecified atom stereocenters. The molecule has 3 N–H and O–H groups in total. The van der Waals surface area contributed by atoms with E-state index < -0.39 is 10.0 Å². The number of halogens is 2. The maximum absolute atomic E-state index is 12.3. The SMILES string of the molecule is C#Cc1cccc(NS(=O)(=O)c2ccc(Cl)c(N)c2Cl)c1. The lowest BCUT2D eigenvalue weighted by Crippen LogP contribution is -2.14. The Labute approximate surface area is 132 Å². The average Bonchev–Trinajstić information content (AvgIpc) is 2.44. The van der Waals surface area contributed by atoms with Crippen molar-refractivity contribution in [1.29, 1.82) is 0 Å². The van der Waals surface area contributed by atoms with E-state index in [1.807, 2.05) is 0 Å². The van der Waals surface area contributed by atoms with Gasteiger partial charge in [-0.3, -0.25) is 4.72 Å². The number of sulfonamides is 1. The van der Waals surface area contributed by atoms with Crippen LogP contribution < -0.4 is 10.5 Å². The van der Waals surface area contributed by atoms with Crippen LogP contribution in [0, 0.1) is 12.3 Å². The van der Waals surface area contributed by atoms with Crippen LogP contribution in [-0.2, 0) is 10.0 Å². The molecular weight excluding hydrogens is 331 g/mol. The van der Waals surface area contributed by atoms with Gasteiger partial charge in [0, 0.05) is 5.56 Å². The van der Waals surface area contributed by atoms with E-state index in [0.717, 1.165) is 0 Å². The van der Waals surface area contributed by atoms with Crippen molar-refractivity contribution in [2.45, 2.75) is 4.90 Å². The predicted octanol–water partition coefficient (Wildman–Crippen LogP) is 3.36. The van der Waals surface area contributed by atoms with Crippen molar-refractivity contribution in [2.24, 2.45) is 0 Å². The van der Waals surface area contributed by atoms with E-state index in [-0.39, 0.29) is 20.6 Å². The van der Waals surface area contributed by atoms with E-state index in [4.69, 9.17) is 35.4 Å². The second-order valence-electron chi connectivity index (χ2n) is 4.10. The zero-order chi connectivity index (χ0) is 15.6. The minimum atomic E-state index is -3.90. The van der Waals surface area contributed by atoms with Crippen LogP contribution in [0.15, 0.2) is 41.3 Å². The standard InChI is InChI=1S/C14H10Cl2N2O2S/c1-2-9-4-3-5-10(8-9)18-21(19,20)12-7-6-11(15)14(17)13(12)16/h1,3-8,18H,17H2. The zero-order valence-corrected chi connectivity index (χ0v) is 12.9. The molecule has 0 radical (unpaired) electrons. The Kier molecular flexibility index (Phi) is 4.33. The Morgan fingerprint density at radius 2 is 1.90 bits per heavy atom. The molecule has 0 aliphatic heterocycles. The van der Waals surface area contributed by atoms with Gasteiger partial charge in [-0.05, 0) is 30.3 Å². The van der Waals surface area contributed by atoms with Gasteiger partial charge in [-0.1, -0.05) is 35.2 Å². The molecule has 21 heavy (non-hydrogen) atoms. The molecule has 0 spiro atoms. The van der Waals surface area contributed by atoms with E-state index >= 15 is 0 Å². The minimum Gasteiger partial charge on any atom is -0.396 e. The normalized spacial score (nSPS) is 10.9. The van der Waals surface area contributed by atoms with Gasteiger partial charge in [-0.15, -0.1) is 6.42 Å². The molecule has 0 saturated heterocycles. The quantitative estimate of drug-likeness (QED) is 0.664. The number of rotatable bonds is 3. The number of hydrogen-bond donors (Lipinski definition) is 2. The fraction of sp³-hybridized carbons (Fsp3) is 0. The highest BCUT2D eigenvalue weighted by Crippen LogP contribution is 2.33. The van der Waals surface area contributed by atoms with Crippen molar-refractivity contribution in [3.63, 3.8) is 0 Å². The van der Waals surface area contributed by atoms with Gasteiger partial charge in [-0.25, -0.2) is 8.42 Å². The number of benzene rings is 2. The van der Waals surface area contributed by atoms with Crippen molar-refractivity contribution in [1.82, 2.24) is 0 Å². The molecular formula is C14H10Cl2N2O2S. The van der Waals surface area contributed by atoms with Crippen LogP contribution in [0.4, 0.5) is 11.4 Å². The average molecular weight is 341 g/mol. The highest BCUT2D eigenvalue weighted by molar-refractivity contribution is 7.92. The fourth-order valence-corrected chi connectivity index (χ4v) is 3.46. The van der Waals surface area contributed by atoms with E-state index in [0.29, 0.717) is 11.3 Å². The fourth-order valence-electron chi connectivity index (χ4n) is 1.64. The molecule has 0 aliphatic carbocycles. The number of nitrogens with one attached hydrogen (secondary N) is 1. The molecule has 0 heterocycles. The summed E-state index contributed by atoms with van der Waals surface area (Å²) in [7, 11) is -3.90. The van der Waals surface area contributed by atoms with Crippen LogP contribution in [0.1, 0.15) is 5.56 Å². The second-order valence-corrected chi connectivity index (χ2v) is 6.54. The summed E-state index contributed by atoms with van der Waals surface area (Å²) in [6.45, 7) is 0. The van der Waals surface area contributed by atoms with Crippen molar-refractivity contribution in [3.8, 4) is 12.3 Å². The maximum atomic E-state index is 12.3. The number of hydrogen-bond acceptors (Lipinski definition) is 3. The second kappa shape index (κ2) is 5.86. The van der Waals surface area contributed by atoms with E-state index in [2.05, 4.69) is 10.6 Å². The molecule has 2 aromatic carbocycles. The minimum absolute atomic E-state index is 0.0126. The first-order valence-electron chi connectivity index (χ1n) is 5.68. The number of nitrogens with two attached hydrogens (primary N) is 1. The van der Waals surface area contributed by atoms with Gasteiger partial charge >= 0.3 is 0 Å². The molecule has 108 valence electrons. The first kappa shape index (κ1) is 15.5. The molecule has 7 heteroatoms. The van der Waals surface area contributed by atoms with Gasteiger partial charge in [0.25, 0.3) is 10.0 Å². The van der Waals surface area contributed by atoms with Crippen LogP contribution >= 0.6 is 23.2 Å². The van der Waals surface area contributed by atoms with Crippen LogP contribution in [0.2, 0.25) is 10.0 Å². The van der Waals surface area contributed by atoms with Gasteiger partial charge < -0.3 is 5.73 Å². The largest absolute Gasteiger partial charge is 0.396 e. The lowest BCUT2D eigenvalue weighted by atomic mass is 10.2. The molecule has 0 amide bonds. The third kappa shape index (κ3) is 3.24. The summed E-state index contributed by atoms with van der Waals surface area (Å²) >= 11 is 11.7. The third-order valence-corrected chi connectivity index (χ3v) is 4.93. The highest BCUT2D eigenvalue weighted by atomic mass is 35.5. The summed E-state index contributed by atoms with van der Waals surface area (Å²) in [5, 5.41) is 0.0661. The molecule has 4 nitrogen and oxygen atoms in total. The van der Waals surface area contributed by atoms with Gasteiger partial charge in [-0.2, -0.15) is 0 Å². The lowest BCUT2D eigenvalue weighted by molar-refractivity contribution is 0.601. The van der Waals surface area contributed by atoms with Crippen molar-refractivity contribution < 1.29 is 8.42 Å². The molecule has 0 saturated carbocycles. The Morgan fingerprint density at radius 3 is 2.57 bits per heavy atom. The Balaban J connectivity index is 2.44. The number of terminal acetylenes is 1. The summed E-state index contributed by atoms with van der Waals surface area (Å²) in [5.74, 6) is 2.42. The van der Waals surface area contributed by atoms with Gasteiger partial charge in [0.05, 0.1) is 21.4 Å². The molecule has 2 aromatic rings. The first-order valence-corrected chi connectivity index (χ1v) is 7.92. The molecule has 0 aromatic heterocycles. The van der Waals surface area contributed by atoms with Gasteiger partial charge in [0.15, 0.2) is 0 Å². The highest BCUT2D eigenvalue weighted by Gasteiger charge is 2.20. The number of nitrogen functional groups attached to an aromatic ring is 1. The topological polar surface area (TPSA) is 72.2 Å². The van der Waals surface area contributed by atoms with Crippen LogP contribution in [0.25, 0.3) is 0 Å². The van der Waals surface area contributed by atoms with Crippen molar-refractivity contribution in [2.75, 3.05) is 10.5 Å². The summed E-state index contributed by atoms with van der Waals surface area (Å²) < 4.78 is 27.1. The Bertz CT molecular complexity index is 843. The number of anilines is 2. The van der Waals surface area contributed by atoms with Crippen LogP contribution in [0.5, 0.6) is 0 Å². The van der Waals surface area contributed by atoms with E-state index in [1.54, 1.807) is 18.2 Å². The summed E-state index contributed by atoms with van der Waals surface area (Å²) in [5.41, 5.74) is 6.53.